The molecule has 0 radical (unpaired) electrons. The topological polar surface area (TPSA) is 69.2 Å². The van der Waals surface area contributed by atoms with Gasteiger partial charge in [0.1, 0.15) is 5.82 Å². The van der Waals surface area contributed by atoms with Crippen molar-refractivity contribution in [2.75, 3.05) is 23.9 Å². The predicted molar refractivity (Wildman–Crippen MR) is 130 cm³/mol. The number of piperidine rings is 2. The number of hydrogen-bond donors (Lipinski definition) is 2. The van der Waals surface area contributed by atoms with Crippen LogP contribution in [-0.2, 0) is 0 Å². The van der Waals surface area contributed by atoms with Gasteiger partial charge in [-0.2, -0.15) is 15.0 Å². The van der Waals surface area contributed by atoms with Crippen LogP contribution in [0.1, 0.15) is 86.9 Å². The summed E-state index contributed by atoms with van der Waals surface area (Å²) in [5.74, 6) is 2.33. The van der Waals surface area contributed by atoms with Crippen LogP contribution in [0.5, 0.6) is 0 Å². The molecule has 0 spiro atoms. The average molecular weight is 432 g/mol. The Morgan fingerprint density at radius 1 is 0.613 bits per heavy atom. The molecule has 0 saturated carbocycles. The molecule has 2 aliphatic rings. The van der Waals surface area contributed by atoms with Crippen LogP contribution in [0.3, 0.4) is 0 Å². The van der Waals surface area contributed by atoms with Crippen molar-refractivity contribution >= 4 is 11.9 Å². The minimum absolute atomic E-state index is 0.0780. The number of anilines is 2. The van der Waals surface area contributed by atoms with Gasteiger partial charge in [0, 0.05) is 48.3 Å². The predicted octanol–water partition coefficient (Wildman–Crippen LogP) is 3.67. The maximum absolute atomic E-state index is 4.96. The van der Waals surface area contributed by atoms with Gasteiger partial charge in [-0.25, -0.2) is 0 Å². The fraction of sp³-hybridized carbons (Fsp3) is 0.875. The van der Waals surface area contributed by atoms with Crippen LogP contribution >= 0.6 is 0 Å². The second-order valence-corrected chi connectivity index (χ2v) is 12.6. The first-order chi connectivity index (χ1) is 14.0. The van der Waals surface area contributed by atoms with Crippen LogP contribution in [-0.4, -0.2) is 63.3 Å². The van der Waals surface area contributed by atoms with Crippen molar-refractivity contribution in [2.24, 2.45) is 0 Å². The zero-order chi connectivity index (χ0) is 23.4. The minimum Gasteiger partial charge on any atom is -0.341 e. The smallest absolute Gasteiger partial charge is 0.230 e. The SMILES string of the molecule is Cc1nc(N(C)C2CC(C)(C)NC(C)(C)C2)nc(N(C)C2CC(C)(C)NC(C)(C)C2)n1. The molecule has 3 rings (SSSR count). The summed E-state index contributed by atoms with van der Waals surface area (Å²) < 4.78 is 0. The van der Waals surface area contributed by atoms with Crippen LogP contribution in [0.25, 0.3) is 0 Å². The standard InChI is InChI=1S/C24H45N7/c1-16-25-19(30(10)17-12-21(2,3)28-22(4,5)13-17)27-20(26-16)31(11)18-14-23(6,7)29-24(8,9)15-18/h17-18,28-29H,12-15H2,1-11H3. The first-order valence-electron chi connectivity index (χ1n) is 11.7. The van der Waals surface area contributed by atoms with Crippen molar-refractivity contribution in [1.82, 2.24) is 25.6 Å². The lowest BCUT2D eigenvalue weighted by atomic mass is 9.79. The Bertz CT molecular complexity index is 705. The first kappa shape index (κ1) is 24.2. The summed E-state index contributed by atoms with van der Waals surface area (Å²) in [6.45, 7) is 20.3. The molecule has 7 nitrogen and oxygen atoms in total. The lowest BCUT2D eigenvalue weighted by Gasteiger charge is -2.49. The molecule has 31 heavy (non-hydrogen) atoms. The Kier molecular flexibility index (Phi) is 6.11. The Morgan fingerprint density at radius 2 is 0.903 bits per heavy atom. The van der Waals surface area contributed by atoms with Crippen molar-refractivity contribution in [3.63, 3.8) is 0 Å². The van der Waals surface area contributed by atoms with E-state index in [-0.39, 0.29) is 22.2 Å². The Morgan fingerprint density at radius 3 is 1.19 bits per heavy atom. The van der Waals surface area contributed by atoms with Gasteiger partial charge in [-0.3, -0.25) is 0 Å². The van der Waals surface area contributed by atoms with Crippen molar-refractivity contribution < 1.29 is 0 Å². The van der Waals surface area contributed by atoms with Crippen molar-refractivity contribution in [1.29, 1.82) is 0 Å². The summed E-state index contributed by atoms with van der Waals surface area (Å²) in [6, 6.07) is 0.755. The Labute approximate surface area is 189 Å². The fourth-order valence-electron chi connectivity index (χ4n) is 6.18. The molecule has 0 amide bonds. The van der Waals surface area contributed by atoms with E-state index in [0.717, 1.165) is 43.4 Å². The summed E-state index contributed by atoms with van der Waals surface area (Å²) in [4.78, 5) is 19.0. The van der Waals surface area contributed by atoms with Gasteiger partial charge >= 0.3 is 0 Å². The van der Waals surface area contributed by atoms with E-state index in [1.165, 1.54) is 0 Å². The summed E-state index contributed by atoms with van der Waals surface area (Å²) in [6.07, 6.45) is 4.22. The maximum atomic E-state index is 4.96. The van der Waals surface area contributed by atoms with Crippen molar-refractivity contribution in [2.45, 2.75) is 122 Å². The molecule has 2 saturated heterocycles. The van der Waals surface area contributed by atoms with E-state index in [9.17, 15) is 0 Å². The van der Waals surface area contributed by atoms with Crippen LogP contribution < -0.4 is 20.4 Å². The summed E-state index contributed by atoms with van der Waals surface area (Å²) in [7, 11) is 4.27. The molecule has 2 fully saturated rings. The van der Waals surface area contributed by atoms with Crippen molar-refractivity contribution in [3.8, 4) is 0 Å². The molecule has 2 N–H and O–H groups in total. The molecule has 1 aromatic rings. The van der Waals surface area contributed by atoms with E-state index >= 15 is 0 Å². The highest BCUT2D eigenvalue weighted by atomic mass is 15.4. The second-order valence-electron chi connectivity index (χ2n) is 12.6. The molecule has 0 bridgehead atoms. The monoisotopic (exact) mass is 431 g/mol. The van der Waals surface area contributed by atoms with Gasteiger partial charge in [-0.05, 0) is 88.0 Å². The van der Waals surface area contributed by atoms with E-state index in [4.69, 9.17) is 15.0 Å². The molecule has 1 aromatic heterocycles. The van der Waals surface area contributed by atoms with Gasteiger partial charge in [-0.15, -0.1) is 0 Å². The number of nitrogens with zero attached hydrogens (tertiary/aromatic N) is 5. The quantitative estimate of drug-likeness (QED) is 0.754. The highest BCUT2D eigenvalue weighted by Gasteiger charge is 2.41. The number of hydrogen-bond acceptors (Lipinski definition) is 7. The minimum atomic E-state index is 0.0780. The molecule has 0 aromatic carbocycles. The number of nitrogens with one attached hydrogen (secondary N) is 2. The highest BCUT2D eigenvalue weighted by molar-refractivity contribution is 5.40. The molecule has 0 aliphatic carbocycles. The molecule has 7 heteroatoms. The third kappa shape index (κ3) is 5.86. The van der Waals surface area contributed by atoms with Gasteiger partial charge in [-0.1, -0.05) is 0 Å². The molecule has 2 aliphatic heterocycles. The van der Waals surface area contributed by atoms with Gasteiger partial charge in [0.15, 0.2) is 0 Å². The van der Waals surface area contributed by atoms with E-state index in [2.05, 4.69) is 89.9 Å². The van der Waals surface area contributed by atoms with E-state index < -0.39 is 0 Å². The Hall–Kier alpha value is -1.47. The molecule has 3 heterocycles. The van der Waals surface area contributed by atoms with Gasteiger partial charge in [0.05, 0.1) is 0 Å². The van der Waals surface area contributed by atoms with Gasteiger partial charge < -0.3 is 20.4 Å². The van der Waals surface area contributed by atoms with Gasteiger partial charge in [0.25, 0.3) is 0 Å². The largest absolute Gasteiger partial charge is 0.341 e. The van der Waals surface area contributed by atoms with Crippen LogP contribution in [0.2, 0.25) is 0 Å². The molecule has 0 atom stereocenters. The zero-order valence-electron chi connectivity index (χ0n) is 21.7. The summed E-state index contributed by atoms with van der Waals surface area (Å²) in [5.41, 5.74) is 0.312. The lowest BCUT2D eigenvalue weighted by molar-refractivity contribution is 0.160. The van der Waals surface area contributed by atoms with E-state index in [0.29, 0.717) is 12.1 Å². The highest BCUT2D eigenvalue weighted by Crippen LogP contribution is 2.34. The second kappa shape index (κ2) is 7.84. The fourth-order valence-corrected chi connectivity index (χ4v) is 6.18. The third-order valence-corrected chi connectivity index (χ3v) is 6.79. The van der Waals surface area contributed by atoms with E-state index in [1.54, 1.807) is 0 Å². The maximum Gasteiger partial charge on any atom is 0.230 e. The van der Waals surface area contributed by atoms with Gasteiger partial charge in [0.2, 0.25) is 11.9 Å². The van der Waals surface area contributed by atoms with Crippen LogP contribution in [0.15, 0.2) is 0 Å². The molecular weight excluding hydrogens is 386 g/mol. The first-order valence-corrected chi connectivity index (χ1v) is 11.7. The number of rotatable bonds is 4. The number of aryl methyl sites for hydroxylation is 1. The van der Waals surface area contributed by atoms with Crippen molar-refractivity contribution in [3.05, 3.63) is 5.82 Å². The zero-order valence-corrected chi connectivity index (χ0v) is 21.7. The molecule has 176 valence electrons. The van der Waals surface area contributed by atoms with Crippen LogP contribution in [0, 0.1) is 6.92 Å². The summed E-state index contributed by atoms with van der Waals surface area (Å²) in [5, 5.41) is 7.55. The van der Waals surface area contributed by atoms with Crippen LogP contribution in [0.4, 0.5) is 11.9 Å². The van der Waals surface area contributed by atoms with E-state index in [1.807, 2.05) is 6.92 Å². The third-order valence-electron chi connectivity index (χ3n) is 6.79. The number of aromatic nitrogens is 3. The molecule has 0 unspecified atom stereocenters. The lowest BCUT2D eigenvalue weighted by Crippen LogP contribution is -2.62. The normalized spacial score (nSPS) is 25.3. The Balaban J connectivity index is 1.86. The average Bonchev–Trinajstić information content (AvgIpc) is 2.54. The molecular formula is C24H45N7. The summed E-state index contributed by atoms with van der Waals surface area (Å²) >= 11 is 0.